The second-order valence-corrected chi connectivity index (χ2v) is 6.13. The first-order valence-corrected chi connectivity index (χ1v) is 8.24. The van der Waals surface area contributed by atoms with Gasteiger partial charge in [0.25, 0.3) is 0 Å². The molecule has 0 unspecified atom stereocenters. The first-order chi connectivity index (χ1) is 11.6. The number of hydrogen-bond donors (Lipinski definition) is 1. The van der Waals surface area contributed by atoms with Crippen molar-refractivity contribution in [1.82, 2.24) is 4.90 Å². The lowest BCUT2D eigenvalue weighted by Gasteiger charge is -2.25. The van der Waals surface area contributed by atoms with Crippen LogP contribution < -0.4 is 4.74 Å². The van der Waals surface area contributed by atoms with Gasteiger partial charge in [-0.25, -0.2) is 0 Å². The monoisotopic (exact) mass is 333 g/mol. The van der Waals surface area contributed by atoms with Crippen LogP contribution in [-0.4, -0.2) is 42.5 Å². The van der Waals surface area contributed by atoms with E-state index in [-0.39, 0.29) is 6.10 Å². The molecular weight excluding hydrogens is 306 g/mol. The fourth-order valence-corrected chi connectivity index (χ4v) is 2.45. The summed E-state index contributed by atoms with van der Waals surface area (Å²) in [5, 5.41) is 10.2. The summed E-state index contributed by atoms with van der Waals surface area (Å²) in [5.41, 5.74) is 1.15. The molecule has 0 saturated carbocycles. The van der Waals surface area contributed by atoms with Crippen molar-refractivity contribution in [3.8, 4) is 5.75 Å². The van der Waals surface area contributed by atoms with Crippen molar-refractivity contribution in [1.29, 1.82) is 0 Å². The Bertz CT molecular complexity index is 566. The summed E-state index contributed by atoms with van der Waals surface area (Å²) in [7, 11) is 1.66. The number of methoxy groups -OCH3 is 1. The average Bonchev–Trinajstić information content (AvgIpc) is 3.06. The molecule has 0 bridgehead atoms. The molecule has 0 aliphatic rings. The van der Waals surface area contributed by atoms with Gasteiger partial charge in [-0.3, -0.25) is 4.90 Å². The molecule has 5 heteroatoms. The molecule has 0 fully saturated rings. The highest BCUT2D eigenvalue weighted by atomic mass is 16.5. The minimum Gasteiger partial charge on any atom is -0.497 e. The van der Waals surface area contributed by atoms with Crippen molar-refractivity contribution in [3.05, 3.63) is 54.0 Å². The second kappa shape index (κ2) is 9.47. The highest BCUT2D eigenvalue weighted by molar-refractivity contribution is 5.27. The van der Waals surface area contributed by atoms with Crippen LogP contribution in [0.4, 0.5) is 0 Å². The van der Waals surface area contributed by atoms with Crippen molar-refractivity contribution >= 4 is 0 Å². The molecule has 0 amide bonds. The summed E-state index contributed by atoms with van der Waals surface area (Å²) in [6.45, 7) is 6.12. The molecule has 2 aromatic rings. The smallest absolute Gasteiger partial charge is 0.118 e. The normalized spacial score (nSPS) is 12.8. The minimum absolute atomic E-state index is 0.111. The third-order valence-electron chi connectivity index (χ3n) is 3.62. The van der Waals surface area contributed by atoms with E-state index in [0.717, 1.165) is 17.1 Å². The number of aliphatic hydroxyl groups excluding tert-OH is 1. The van der Waals surface area contributed by atoms with Crippen LogP contribution in [-0.2, 0) is 17.8 Å². The van der Waals surface area contributed by atoms with Gasteiger partial charge in [0.15, 0.2) is 0 Å². The van der Waals surface area contributed by atoms with Crippen molar-refractivity contribution < 1.29 is 19.0 Å². The van der Waals surface area contributed by atoms with Gasteiger partial charge in [-0.2, -0.15) is 0 Å². The van der Waals surface area contributed by atoms with Gasteiger partial charge in [0.1, 0.15) is 11.5 Å². The topological polar surface area (TPSA) is 55.1 Å². The fourth-order valence-electron chi connectivity index (χ4n) is 2.45. The van der Waals surface area contributed by atoms with Crippen molar-refractivity contribution in [2.75, 3.05) is 20.3 Å². The number of aliphatic hydroxyl groups is 1. The number of hydrogen-bond acceptors (Lipinski definition) is 5. The molecule has 1 aromatic heterocycles. The van der Waals surface area contributed by atoms with Crippen molar-refractivity contribution in [2.45, 2.75) is 39.1 Å². The van der Waals surface area contributed by atoms with E-state index in [1.807, 2.05) is 50.2 Å². The number of ether oxygens (including phenoxy) is 2. The molecule has 0 aliphatic heterocycles. The summed E-state index contributed by atoms with van der Waals surface area (Å²) >= 11 is 0. The van der Waals surface area contributed by atoms with Gasteiger partial charge in [0.05, 0.1) is 38.7 Å². The maximum absolute atomic E-state index is 10.2. The molecule has 0 saturated heterocycles. The summed E-state index contributed by atoms with van der Waals surface area (Å²) in [6, 6.07) is 11.8. The van der Waals surface area contributed by atoms with Crippen molar-refractivity contribution in [2.24, 2.45) is 0 Å². The van der Waals surface area contributed by atoms with Gasteiger partial charge in [-0.1, -0.05) is 12.1 Å². The van der Waals surface area contributed by atoms with Crippen LogP contribution in [0, 0.1) is 0 Å². The second-order valence-electron chi connectivity index (χ2n) is 6.13. The fraction of sp³-hybridized carbons (Fsp3) is 0.474. The summed E-state index contributed by atoms with van der Waals surface area (Å²) < 4.78 is 16.1. The largest absolute Gasteiger partial charge is 0.497 e. The van der Waals surface area contributed by atoms with E-state index >= 15 is 0 Å². The van der Waals surface area contributed by atoms with Gasteiger partial charge < -0.3 is 19.0 Å². The number of furan rings is 1. The molecular formula is C19H27NO4. The van der Waals surface area contributed by atoms with Crippen molar-refractivity contribution in [3.63, 3.8) is 0 Å². The SMILES string of the molecule is COc1ccc(CN(Cc2ccco2)C[C@H](O)COC(C)C)cc1. The molecule has 0 spiro atoms. The first-order valence-electron chi connectivity index (χ1n) is 8.24. The Labute approximate surface area is 143 Å². The molecule has 0 radical (unpaired) electrons. The molecule has 24 heavy (non-hydrogen) atoms. The standard InChI is InChI=1S/C19H27NO4/c1-15(2)24-14-17(21)12-20(13-19-5-4-10-23-19)11-16-6-8-18(22-3)9-7-16/h4-10,15,17,21H,11-14H2,1-3H3/t17-/m0/s1. The Balaban J connectivity index is 1.98. The number of benzene rings is 1. The van der Waals surface area contributed by atoms with Crippen LogP contribution in [0.15, 0.2) is 47.1 Å². The summed E-state index contributed by atoms with van der Waals surface area (Å²) in [4.78, 5) is 2.15. The lowest BCUT2D eigenvalue weighted by molar-refractivity contribution is -0.0114. The van der Waals surface area contributed by atoms with Gasteiger partial charge >= 0.3 is 0 Å². The van der Waals surface area contributed by atoms with E-state index in [9.17, 15) is 5.11 Å². The van der Waals surface area contributed by atoms with Gasteiger partial charge in [-0.05, 0) is 43.7 Å². The van der Waals surface area contributed by atoms with E-state index < -0.39 is 6.10 Å². The van der Waals surface area contributed by atoms with Crippen LogP contribution in [0.2, 0.25) is 0 Å². The van der Waals surface area contributed by atoms with Crippen LogP contribution in [0.5, 0.6) is 5.75 Å². The molecule has 1 aromatic carbocycles. The number of rotatable bonds is 10. The lowest BCUT2D eigenvalue weighted by Crippen LogP contribution is -2.34. The maximum Gasteiger partial charge on any atom is 0.118 e. The Morgan fingerprint density at radius 3 is 2.46 bits per heavy atom. The Morgan fingerprint density at radius 2 is 1.88 bits per heavy atom. The molecule has 1 N–H and O–H groups in total. The van der Waals surface area contributed by atoms with E-state index in [0.29, 0.717) is 26.2 Å². The lowest BCUT2D eigenvalue weighted by atomic mass is 10.2. The molecule has 0 aliphatic carbocycles. The third kappa shape index (κ3) is 6.35. The minimum atomic E-state index is -0.541. The van der Waals surface area contributed by atoms with Gasteiger partial charge in [0, 0.05) is 13.1 Å². The van der Waals surface area contributed by atoms with E-state index in [2.05, 4.69) is 4.90 Å². The zero-order valence-electron chi connectivity index (χ0n) is 14.6. The highest BCUT2D eigenvalue weighted by Crippen LogP contribution is 2.15. The van der Waals surface area contributed by atoms with E-state index in [1.54, 1.807) is 13.4 Å². The van der Waals surface area contributed by atoms with Crippen LogP contribution in [0.1, 0.15) is 25.2 Å². The molecule has 2 rings (SSSR count). The zero-order valence-corrected chi connectivity index (χ0v) is 14.6. The average molecular weight is 333 g/mol. The van der Waals surface area contributed by atoms with Gasteiger partial charge in [-0.15, -0.1) is 0 Å². The van der Waals surface area contributed by atoms with E-state index in [1.165, 1.54) is 0 Å². The van der Waals surface area contributed by atoms with Crippen LogP contribution >= 0.6 is 0 Å². The summed E-state index contributed by atoms with van der Waals surface area (Å²) in [6.07, 6.45) is 1.24. The van der Waals surface area contributed by atoms with Crippen LogP contribution in [0.25, 0.3) is 0 Å². The van der Waals surface area contributed by atoms with Crippen LogP contribution in [0.3, 0.4) is 0 Å². The molecule has 1 heterocycles. The molecule has 1 atom stereocenters. The predicted molar refractivity (Wildman–Crippen MR) is 92.9 cm³/mol. The Kier molecular flexibility index (Phi) is 7.31. The van der Waals surface area contributed by atoms with E-state index in [4.69, 9.17) is 13.9 Å². The quantitative estimate of drug-likeness (QED) is 0.724. The molecule has 132 valence electrons. The maximum atomic E-state index is 10.2. The highest BCUT2D eigenvalue weighted by Gasteiger charge is 2.15. The Hall–Kier alpha value is -1.82. The molecule has 5 nitrogen and oxygen atoms in total. The number of nitrogens with zero attached hydrogens (tertiary/aromatic N) is 1. The third-order valence-corrected chi connectivity index (χ3v) is 3.62. The van der Waals surface area contributed by atoms with Gasteiger partial charge in [0.2, 0.25) is 0 Å². The summed E-state index contributed by atoms with van der Waals surface area (Å²) in [5.74, 6) is 1.71. The zero-order chi connectivity index (χ0) is 17.4. The first kappa shape index (κ1) is 18.5. The predicted octanol–water partition coefficient (Wildman–Crippen LogP) is 3.08. The Morgan fingerprint density at radius 1 is 1.12 bits per heavy atom.